The first-order valence-electron chi connectivity index (χ1n) is 3.54. The second kappa shape index (κ2) is 4.27. The van der Waals surface area contributed by atoms with E-state index in [-0.39, 0.29) is 0 Å². The zero-order valence-electron chi connectivity index (χ0n) is 6.50. The Bertz CT molecular complexity index is 313. The average molecular weight is 225 g/mol. The number of rotatable bonds is 2. The van der Waals surface area contributed by atoms with Gasteiger partial charge in [-0.15, -0.1) is 5.73 Å². The Hall–Kier alpha value is -0.820. The van der Waals surface area contributed by atoms with Gasteiger partial charge in [0.1, 0.15) is 6.10 Å². The van der Waals surface area contributed by atoms with Crippen LogP contribution in [-0.2, 0) is 0 Å². The third kappa shape index (κ3) is 2.08. The van der Waals surface area contributed by atoms with E-state index in [2.05, 4.69) is 28.2 Å². The molecule has 1 aromatic carbocycles. The van der Waals surface area contributed by atoms with Gasteiger partial charge in [-0.1, -0.05) is 40.7 Å². The maximum absolute atomic E-state index is 9.51. The van der Waals surface area contributed by atoms with Crippen molar-refractivity contribution in [2.75, 3.05) is 0 Å². The molecule has 1 rings (SSSR count). The Labute approximate surface area is 80.2 Å². The maximum Gasteiger partial charge on any atom is 0.106 e. The number of hydrogen-bond donors (Lipinski definition) is 1. The molecule has 0 fully saturated rings. The fourth-order valence-corrected chi connectivity index (χ4v) is 1.44. The molecule has 1 aromatic rings. The summed E-state index contributed by atoms with van der Waals surface area (Å²) in [7, 11) is 0. The van der Waals surface area contributed by atoms with Crippen LogP contribution in [0.2, 0.25) is 0 Å². The molecule has 2 heteroatoms. The van der Waals surface area contributed by atoms with Gasteiger partial charge in [0.05, 0.1) is 0 Å². The zero-order valence-corrected chi connectivity index (χ0v) is 8.08. The van der Waals surface area contributed by atoms with Crippen molar-refractivity contribution >= 4 is 15.9 Å². The molecule has 0 spiro atoms. The Morgan fingerprint density at radius 1 is 1.50 bits per heavy atom. The summed E-state index contributed by atoms with van der Waals surface area (Å²) in [4.78, 5) is 0. The van der Waals surface area contributed by atoms with E-state index in [1.807, 2.05) is 24.3 Å². The molecule has 0 amide bonds. The number of hydrogen-bond acceptors (Lipinski definition) is 1. The molecule has 0 radical (unpaired) electrons. The molecule has 0 saturated heterocycles. The summed E-state index contributed by atoms with van der Waals surface area (Å²) in [5.74, 6) is 0. The van der Waals surface area contributed by atoms with Crippen LogP contribution in [0.5, 0.6) is 0 Å². The molecule has 1 N–H and O–H groups in total. The fourth-order valence-electron chi connectivity index (χ4n) is 0.916. The number of aliphatic hydroxyl groups excluding tert-OH is 1. The van der Waals surface area contributed by atoms with E-state index in [1.54, 1.807) is 0 Å². The van der Waals surface area contributed by atoms with Crippen molar-refractivity contribution in [3.63, 3.8) is 0 Å². The van der Waals surface area contributed by atoms with E-state index < -0.39 is 6.10 Å². The molecule has 12 heavy (non-hydrogen) atoms. The summed E-state index contributed by atoms with van der Waals surface area (Å²) < 4.78 is 0.893. The predicted molar refractivity (Wildman–Crippen MR) is 52.8 cm³/mol. The summed E-state index contributed by atoms with van der Waals surface area (Å²) in [6.07, 6.45) is 0.887. The van der Waals surface area contributed by atoms with E-state index in [1.165, 1.54) is 6.08 Å². The first-order chi connectivity index (χ1) is 5.75. The maximum atomic E-state index is 9.51. The second-order valence-corrected chi connectivity index (χ2v) is 3.19. The molecule has 0 aliphatic heterocycles. The second-order valence-electron chi connectivity index (χ2n) is 2.34. The van der Waals surface area contributed by atoms with Crippen LogP contribution in [0.4, 0.5) is 0 Å². The molecule has 0 aromatic heterocycles. The van der Waals surface area contributed by atoms with E-state index in [0.29, 0.717) is 0 Å². The highest BCUT2D eigenvalue weighted by molar-refractivity contribution is 9.10. The van der Waals surface area contributed by atoms with Gasteiger partial charge in [0, 0.05) is 4.47 Å². The van der Waals surface area contributed by atoms with Crippen LogP contribution in [0.1, 0.15) is 11.7 Å². The number of benzene rings is 1. The summed E-state index contributed by atoms with van der Waals surface area (Å²) >= 11 is 3.34. The monoisotopic (exact) mass is 224 g/mol. The highest BCUT2D eigenvalue weighted by atomic mass is 79.9. The molecule has 0 bridgehead atoms. The Balaban J connectivity index is 3.02. The minimum absolute atomic E-state index is 0.627. The van der Waals surface area contributed by atoms with Gasteiger partial charge in [-0.3, -0.25) is 0 Å². The van der Waals surface area contributed by atoms with Gasteiger partial charge in [0.15, 0.2) is 0 Å². The molecular formula is C10H9BrO. The van der Waals surface area contributed by atoms with Crippen LogP contribution < -0.4 is 0 Å². The molecule has 1 unspecified atom stereocenters. The smallest absolute Gasteiger partial charge is 0.106 e. The lowest BCUT2D eigenvalue weighted by Crippen LogP contribution is -1.92. The largest absolute Gasteiger partial charge is 0.384 e. The fraction of sp³-hybridized carbons (Fsp3) is 0.100. The van der Waals surface area contributed by atoms with Crippen LogP contribution >= 0.6 is 15.9 Å². The Kier molecular flexibility index (Phi) is 3.30. The summed E-state index contributed by atoms with van der Waals surface area (Å²) in [5.41, 5.74) is 3.37. The van der Waals surface area contributed by atoms with Crippen molar-refractivity contribution in [2.24, 2.45) is 0 Å². The van der Waals surface area contributed by atoms with Crippen molar-refractivity contribution in [1.82, 2.24) is 0 Å². The van der Waals surface area contributed by atoms with E-state index >= 15 is 0 Å². The van der Waals surface area contributed by atoms with Gasteiger partial charge in [-0.2, -0.15) is 0 Å². The molecule has 0 heterocycles. The van der Waals surface area contributed by atoms with E-state index in [4.69, 9.17) is 0 Å². The number of aliphatic hydroxyl groups is 1. The van der Waals surface area contributed by atoms with Gasteiger partial charge in [-0.25, -0.2) is 0 Å². The topological polar surface area (TPSA) is 20.2 Å². The minimum atomic E-state index is -0.627. The van der Waals surface area contributed by atoms with Gasteiger partial charge < -0.3 is 5.11 Å². The molecule has 1 nitrogen and oxygen atoms in total. The van der Waals surface area contributed by atoms with Crippen molar-refractivity contribution in [3.8, 4) is 0 Å². The average Bonchev–Trinajstić information content (AvgIpc) is 2.05. The summed E-state index contributed by atoms with van der Waals surface area (Å²) in [6, 6.07) is 7.51. The van der Waals surface area contributed by atoms with Crippen molar-refractivity contribution in [2.45, 2.75) is 6.10 Å². The van der Waals surface area contributed by atoms with E-state index in [9.17, 15) is 5.11 Å². The van der Waals surface area contributed by atoms with Gasteiger partial charge >= 0.3 is 0 Å². The zero-order chi connectivity index (χ0) is 8.97. The first kappa shape index (κ1) is 9.27. The first-order valence-corrected chi connectivity index (χ1v) is 4.33. The van der Waals surface area contributed by atoms with Gasteiger partial charge in [0.2, 0.25) is 0 Å². The van der Waals surface area contributed by atoms with Crippen molar-refractivity contribution < 1.29 is 5.11 Å². The molecule has 0 aliphatic rings. The lowest BCUT2D eigenvalue weighted by molar-refractivity contribution is 0.228. The lowest BCUT2D eigenvalue weighted by atomic mass is 10.1. The van der Waals surface area contributed by atoms with Crippen LogP contribution in [0.3, 0.4) is 0 Å². The third-order valence-electron chi connectivity index (χ3n) is 1.50. The van der Waals surface area contributed by atoms with Crippen LogP contribution in [-0.4, -0.2) is 5.11 Å². The molecular weight excluding hydrogens is 216 g/mol. The molecule has 1 atom stereocenters. The third-order valence-corrected chi connectivity index (χ3v) is 2.22. The van der Waals surface area contributed by atoms with Crippen LogP contribution in [0.25, 0.3) is 0 Å². The SMILES string of the molecule is C=C=CC(O)c1ccccc1Br. The lowest BCUT2D eigenvalue weighted by Gasteiger charge is -2.06. The predicted octanol–water partition coefficient (Wildman–Crippen LogP) is 2.82. The summed E-state index contributed by atoms with van der Waals surface area (Å²) in [5, 5.41) is 9.51. The van der Waals surface area contributed by atoms with E-state index in [0.717, 1.165) is 10.0 Å². The molecule has 62 valence electrons. The Morgan fingerprint density at radius 3 is 2.75 bits per heavy atom. The highest BCUT2D eigenvalue weighted by Crippen LogP contribution is 2.23. The normalized spacial score (nSPS) is 11.8. The molecule has 0 aliphatic carbocycles. The van der Waals surface area contributed by atoms with Gasteiger partial charge in [0.25, 0.3) is 0 Å². The minimum Gasteiger partial charge on any atom is -0.384 e. The molecule has 0 saturated carbocycles. The van der Waals surface area contributed by atoms with Crippen molar-refractivity contribution in [3.05, 3.63) is 52.7 Å². The highest BCUT2D eigenvalue weighted by Gasteiger charge is 2.05. The standard InChI is InChI=1S/C10H9BrO/c1-2-5-10(12)8-6-3-4-7-9(8)11/h3-7,10,12H,1H2. The van der Waals surface area contributed by atoms with Crippen molar-refractivity contribution in [1.29, 1.82) is 0 Å². The van der Waals surface area contributed by atoms with Crippen LogP contribution in [0.15, 0.2) is 47.1 Å². The summed E-state index contributed by atoms with van der Waals surface area (Å²) in [6.45, 7) is 3.40. The van der Waals surface area contributed by atoms with Gasteiger partial charge in [-0.05, 0) is 17.7 Å². The number of halogens is 1. The quantitative estimate of drug-likeness (QED) is 0.767. The Morgan fingerprint density at radius 2 is 2.17 bits per heavy atom. The van der Waals surface area contributed by atoms with Crippen LogP contribution in [0, 0.1) is 0 Å².